The van der Waals surface area contributed by atoms with Crippen LogP contribution in [0.25, 0.3) is 22.4 Å². The molecule has 0 bridgehead atoms. The SMILES string of the molecule is CN(C)CCN1CCN(c2ccc(F)c(-c3nc4ccc(OC=O)cc4n3C)c2)CC1. The van der Waals surface area contributed by atoms with E-state index in [1.165, 1.54) is 6.07 Å². The summed E-state index contributed by atoms with van der Waals surface area (Å²) in [4.78, 5) is 22.2. The van der Waals surface area contributed by atoms with Gasteiger partial charge in [0.05, 0.1) is 16.6 Å². The van der Waals surface area contributed by atoms with Crippen LogP contribution in [0.4, 0.5) is 10.1 Å². The van der Waals surface area contributed by atoms with E-state index in [4.69, 9.17) is 4.74 Å². The number of likely N-dealkylation sites (N-methyl/N-ethyl adjacent to an activating group) is 1. The number of carbonyl (C=O) groups is 1. The van der Waals surface area contributed by atoms with E-state index < -0.39 is 0 Å². The van der Waals surface area contributed by atoms with E-state index in [0.717, 1.165) is 56.0 Å². The molecule has 1 aromatic heterocycles. The Bertz CT molecular complexity index is 1070. The first-order valence-corrected chi connectivity index (χ1v) is 10.4. The van der Waals surface area contributed by atoms with Gasteiger partial charge >= 0.3 is 0 Å². The maximum atomic E-state index is 14.8. The molecule has 164 valence electrons. The Balaban J connectivity index is 1.57. The van der Waals surface area contributed by atoms with Crippen molar-refractivity contribution in [2.45, 2.75) is 0 Å². The van der Waals surface area contributed by atoms with Crippen molar-refractivity contribution < 1.29 is 13.9 Å². The lowest BCUT2D eigenvalue weighted by molar-refractivity contribution is -0.120. The molecule has 1 saturated heterocycles. The number of carbonyl (C=O) groups excluding carboxylic acids is 1. The Kier molecular flexibility index (Phi) is 6.20. The average Bonchev–Trinajstić information content (AvgIpc) is 3.09. The fourth-order valence-corrected chi connectivity index (χ4v) is 3.99. The molecule has 3 aromatic rings. The molecule has 2 aromatic carbocycles. The summed E-state index contributed by atoms with van der Waals surface area (Å²) in [6.45, 7) is 6.31. The Labute approximate surface area is 181 Å². The summed E-state index contributed by atoms with van der Waals surface area (Å²) in [5.41, 5.74) is 2.95. The molecule has 1 aliphatic rings. The highest BCUT2D eigenvalue weighted by atomic mass is 19.1. The summed E-state index contributed by atoms with van der Waals surface area (Å²) >= 11 is 0. The maximum absolute atomic E-state index is 14.8. The second kappa shape index (κ2) is 9.03. The normalized spacial score (nSPS) is 15.1. The number of aryl methyl sites for hydroxylation is 1. The first kappa shape index (κ1) is 21.3. The van der Waals surface area contributed by atoms with Crippen LogP contribution in [0.15, 0.2) is 36.4 Å². The number of fused-ring (bicyclic) bond motifs is 1. The standard InChI is InChI=1S/C23H28FN5O2/c1-26(2)8-9-28-10-12-29(13-11-28)17-4-6-20(24)19(14-17)23-25-21-7-5-18(31-16-30)15-22(21)27(23)3/h4-7,14-16H,8-13H2,1-3H3. The smallest absolute Gasteiger partial charge is 0.298 e. The number of imidazole rings is 1. The number of halogens is 1. The highest BCUT2D eigenvalue weighted by Gasteiger charge is 2.20. The van der Waals surface area contributed by atoms with Gasteiger partial charge in [-0.2, -0.15) is 0 Å². The Morgan fingerprint density at radius 3 is 2.61 bits per heavy atom. The van der Waals surface area contributed by atoms with Gasteiger partial charge in [0.15, 0.2) is 0 Å². The second-order valence-corrected chi connectivity index (χ2v) is 8.16. The third-order valence-corrected chi connectivity index (χ3v) is 5.83. The van der Waals surface area contributed by atoms with Crippen LogP contribution in [-0.4, -0.2) is 79.2 Å². The summed E-state index contributed by atoms with van der Waals surface area (Å²) in [6, 6.07) is 10.4. The first-order valence-electron chi connectivity index (χ1n) is 10.4. The zero-order valence-corrected chi connectivity index (χ0v) is 18.2. The molecule has 4 rings (SSSR count). The first-order chi connectivity index (χ1) is 15.0. The van der Waals surface area contributed by atoms with Crippen molar-refractivity contribution in [2.75, 3.05) is 58.3 Å². The number of hydrogen-bond donors (Lipinski definition) is 0. The number of anilines is 1. The zero-order chi connectivity index (χ0) is 22.0. The van der Waals surface area contributed by atoms with Crippen LogP contribution in [0.3, 0.4) is 0 Å². The van der Waals surface area contributed by atoms with Gasteiger partial charge in [-0.3, -0.25) is 9.69 Å². The molecule has 0 amide bonds. The molecule has 0 spiro atoms. The van der Waals surface area contributed by atoms with E-state index in [1.54, 1.807) is 18.2 Å². The molecule has 0 aliphatic carbocycles. The van der Waals surface area contributed by atoms with Crippen LogP contribution >= 0.6 is 0 Å². The highest BCUT2D eigenvalue weighted by molar-refractivity contribution is 5.83. The lowest BCUT2D eigenvalue weighted by Crippen LogP contribution is -2.48. The molecule has 2 heterocycles. The van der Waals surface area contributed by atoms with Crippen molar-refractivity contribution in [1.29, 1.82) is 0 Å². The zero-order valence-electron chi connectivity index (χ0n) is 18.2. The van der Waals surface area contributed by atoms with Crippen molar-refractivity contribution in [2.24, 2.45) is 7.05 Å². The van der Waals surface area contributed by atoms with Crippen molar-refractivity contribution in [3.63, 3.8) is 0 Å². The monoisotopic (exact) mass is 425 g/mol. The fraction of sp³-hybridized carbons (Fsp3) is 0.391. The van der Waals surface area contributed by atoms with Crippen LogP contribution in [0.5, 0.6) is 5.75 Å². The molecule has 0 radical (unpaired) electrons. The van der Waals surface area contributed by atoms with E-state index in [9.17, 15) is 9.18 Å². The second-order valence-electron chi connectivity index (χ2n) is 8.16. The molecule has 8 heteroatoms. The van der Waals surface area contributed by atoms with Gasteiger partial charge in [0.2, 0.25) is 0 Å². The molecule has 0 saturated carbocycles. The largest absolute Gasteiger partial charge is 0.429 e. The lowest BCUT2D eigenvalue weighted by Gasteiger charge is -2.36. The van der Waals surface area contributed by atoms with Crippen molar-refractivity contribution in [3.05, 3.63) is 42.2 Å². The van der Waals surface area contributed by atoms with Crippen molar-refractivity contribution >= 4 is 23.2 Å². The van der Waals surface area contributed by atoms with Crippen LogP contribution in [0.1, 0.15) is 0 Å². The lowest BCUT2D eigenvalue weighted by atomic mass is 10.1. The molecule has 0 atom stereocenters. The average molecular weight is 426 g/mol. The molecule has 1 aliphatic heterocycles. The quantitative estimate of drug-likeness (QED) is 0.543. The molecular weight excluding hydrogens is 397 g/mol. The molecule has 31 heavy (non-hydrogen) atoms. The third-order valence-electron chi connectivity index (χ3n) is 5.83. The van der Waals surface area contributed by atoms with Crippen molar-refractivity contribution in [1.82, 2.24) is 19.4 Å². The summed E-state index contributed by atoms with van der Waals surface area (Å²) in [7, 11) is 6.02. The Morgan fingerprint density at radius 1 is 1.13 bits per heavy atom. The molecule has 1 fully saturated rings. The Hall–Kier alpha value is -2.97. The number of hydrogen-bond acceptors (Lipinski definition) is 6. The highest BCUT2D eigenvalue weighted by Crippen LogP contribution is 2.31. The van der Waals surface area contributed by atoms with Gasteiger partial charge in [0.1, 0.15) is 17.4 Å². The number of aromatic nitrogens is 2. The minimum Gasteiger partial charge on any atom is -0.429 e. The van der Waals surface area contributed by atoms with Crippen LogP contribution in [0.2, 0.25) is 0 Å². The summed E-state index contributed by atoms with van der Waals surface area (Å²) in [5, 5.41) is 0. The number of rotatable bonds is 7. The molecule has 0 unspecified atom stereocenters. The van der Waals surface area contributed by atoms with E-state index in [0.29, 0.717) is 23.6 Å². The van der Waals surface area contributed by atoms with Crippen LogP contribution in [0, 0.1) is 5.82 Å². The Morgan fingerprint density at radius 2 is 1.90 bits per heavy atom. The van der Waals surface area contributed by atoms with Gasteiger partial charge in [-0.05, 0) is 44.4 Å². The predicted molar refractivity (Wildman–Crippen MR) is 120 cm³/mol. The van der Waals surface area contributed by atoms with Gasteiger partial charge < -0.3 is 19.1 Å². The topological polar surface area (TPSA) is 53.8 Å². The summed E-state index contributed by atoms with van der Waals surface area (Å²) < 4.78 is 21.6. The fourth-order valence-electron chi connectivity index (χ4n) is 3.99. The van der Waals surface area contributed by atoms with E-state index in [1.807, 2.05) is 23.7 Å². The number of benzene rings is 2. The van der Waals surface area contributed by atoms with Gasteiger partial charge in [-0.1, -0.05) is 0 Å². The van der Waals surface area contributed by atoms with Gasteiger partial charge in [-0.15, -0.1) is 0 Å². The van der Waals surface area contributed by atoms with Crippen LogP contribution in [-0.2, 0) is 11.8 Å². The van der Waals surface area contributed by atoms with Gasteiger partial charge in [0, 0.05) is 58.1 Å². The third kappa shape index (κ3) is 4.55. The van der Waals surface area contributed by atoms with Gasteiger partial charge in [-0.25, -0.2) is 9.37 Å². The molecule has 0 N–H and O–H groups in total. The van der Waals surface area contributed by atoms with E-state index >= 15 is 0 Å². The number of piperazine rings is 1. The summed E-state index contributed by atoms with van der Waals surface area (Å²) in [6.07, 6.45) is 0. The van der Waals surface area contributed by atoms with E-state index in [-0.39, 0.29) is 5.82 Å². The minimum atomic E-state index is -0.309. The van der Waals surface area contributed by atoms with Crippen molar-refractivity contribution in [3.8, 4) is 17.1 Å². The molecular formula is C23H28FN5O2. The van der Waals surface area contributed by atoms with Gasteiger partial charge in [0.25, 0.3) is 6.47 Å². The molecule has 7 nitrogen and oxygen atoms in total. The summed E-state index contributed by atoms with van der Waals surface area (Å²) in [5.74, 6) is 0.664. The maximum Gasteiger partial charge on any atom is 0.298 e. The minimum absolute atomic E-state index is 0.309. The predicted octanol–water partition coefficient (Wildman–Crippen LogP) is 2.60. The van der Waals surface area contributed by atoms with Crippen LogP contribution < -0.4 is 9.64 Å². The number of nitrogens with zero attached hydrogens (tertiary/aromatic N) is 5. The van der Waals surface area contributed by atoms with E-state index in [2.05, 4.69) is 33.8 Å². The number of ether oxygens (including phenoxy) is 1.